The number of aromatic nitrogens is 5. The molecule has 0 spiro atoms. The highest BCUT2D eigenvalue weighted by Gasteiger charge is 2.38. The van der Waals surface area contributed by atoms with Gasteiger partial charge < -0.3 is 27.0 Å². The molecule has 1 aromatic carbocycles. The maximum Gasteiger partial charge on any atom is 0.435 e. The average molecular weight is 643 g/mol. The lowest BCUT2D eigenvalue weighted by Gasteiger charge is -2.11. The largest absolute Gasteiger partial charge is 0.435 e. The highest BCUT2D eigenvalue weighted by Crippen LogP contribution is 2.37. The molecule has 0 saturated heterocycles. The van der Waals surface area contributed by atoms with Gasteiger partial charge in [0, 0.05) is 43.9 Å². The molecule has 0 aliphatic heterocycles. The molecule has 18 heteroatoms. The lowest BCUT2D eigenvalue weighted by molar-refractivity contribution is -0.141. The van der Waals surface area contributed by atoms with Gasteiger partial charge in [-0.15, -0.1) is 0 Å². The van der Waals surface area contributed by atoms with Crippen LogP contribution in [0.25, 0.3) is 16.9 Å². The first kappa shape index (κ1) is 32.6. The molecule has 0 unspecified atom stereocenters. The molecule has 6 N–H and O–H groups in total. The fraction of sp³-hybridized carbons (Fsp3) is 0.346. The first-order chi connectivity index (χ1) is 21.0. The van der Waals surface area contributed by atoms with E-state index in [1.54, 1.807) is 6.07 Å². The first-order valence-electron chi connectivity index (χ1n) is 13.3. The molecule has 0 aliphatic carbocycles. The fourth-order valence-corrected chi connectivity index (χ4v) is 4.39. The molecular weight excluding hydrogens is 615 g/mol. The number of benzene rings is 1. The zero-order chi connectivity index (χ0) is 31.9. The number of nitrogens with zero attached hydrogens (tertiary/aromatic N) is 5. The molecule has 0 aliphatic rings. The van der Waals surface area contributed by atoms with Crippen molar-refractivity contribution < 1.29 is 31.5 Å². The van der Waals surface area contributed by atoms with Gasteiger partial charge in [0.25, 0.3) is 12.3 Å². The number of rotatable bonds is 14. The van der Waals surface area contributed by atoms with Crippen molar-refractivity contribution >= 4 is 40.6 Å². The minimum absolute atomic E-state index is 0.0370. The molecular formula is C26H28ClF5N10O2. The second-order valence-corrected chi connectivity index (χ2v) is 9.77. The molecule has 0 atom stereocenters. The van der Waals surface area contributed by atoms with E-state index >= 15 is 0 Å². The van der Waals surface area contributed by atoms with E-state index in [0.29, 0.717) is 36.4 Å². The van der Waals surface area contributed by atoms with Crippen molar-refractivity contribution in [2.45, 2.75) is 25.6 Å². The van der Waals surface area contributed by atoms with E-state index in [-0.39, 0.29) is 46.7 Å². The second kappa shape index (κ2) is 14.4. The maximum atomic E-state index is 13.7. The van der Waals surface area contributed by atoms with Crippen LogP contribution in [0.5, 0.6) is 0 Å². The monoisotopic (exact) mass is 642 g/mol. The van der Waals surface area contributed by atoms with Crippen LogP contribution in [0.3, 0.4) is 0 Å². The van der Waals surface area contributed by atoms with Gasteiger partial charge in [-0.05, 0) is 31.2 Å². The maximum absolute atomic E-state index is 13.7. The van der Waals surface area contributed by atoms with Gasteiger partial charge in [0.05, 0.1) is 34.6 Å². The van der Waals surface area contributed by atoms with Gasteiger partial charge in [-0.3, -0.25) is 18.7 Å². The van der Waals surface area contributed by atoms with Crippen LogP contribution in [0.15, 0.2) is 43.0 Å². The van der Waals surface area contributed by atoms with Crippen LogP contribution in [-0.4, -0.2) is 75.1 Å². The van der Waals surface area contributed by atoms with Crippen LogP contribution in [0, 0.1) is 0 Å². The van der Waals surface area contributed by atoms with E-state index in [9.17, 15) is 31.5 Å². The fourth-order valence-electron chi connectivity index (χ4n) is 4.13. The van der Waals surface area contributed by atoms with E-state index in [1.807, 2.05) is 0 Å². The SMILES string of the molecule is NCCCNC(=O)CNCCNC(=O)c1ccc(Nc2nccn3c(-c4cn(CC(F)F)nc4C(F)(F)F)cnc23)cc1Cl. The van der Waals surface area contributed by atoms with Crippen molar-refractivity contribution in [2.75, 3.05) is 38.0 Å². The Morgan fingerprint density at radius 2 is 1.89 bits per heavy atom. The summed E-state index contributed by atoms with van der Waals surface area (Å²) in [5.74, 6) is -0.472. The molecule has 4 rings (SSSR count). The summed E-state index contributed by atoms with van der Waals surface area (Å²) in [5, 5.41) is 14.7. The van der Waals surface area contributed by atoms with Gasteiger partial charge in [-0.1, -0.05) is 11.6 Å². The Bertz CT molecular complexity index is 1610. The summed E-state index contributed by atoms with van der Waals surface area (Å²) in [5.41, 5.74) is 4.31. The molecule has 2 amide bonds. The lowest BCUT2D eigenvalue weighted by atomic mass is 10.2. The van der Waals surface area contributed by atoms with Crippen molar-refractivity contribution in [1.29, 1.82) is 0 Å². The average Bonchev–Trinajstić information content (AvgIpc) is 3.57. The summed E-state index contributed by atoms with van der Waals surface area (Å²) in [6.45, 7) is 0.630. The Kier molecular flexibility index (Phi) is 10.7. The Labute approximate surface area is 252 Å². The number of anilines is 2. The molecule has 12 nitrogen and oxygen atoms in total. The van der Waals surface area contributed by atoms with Gasteiger partial charge >= 0.3 is 6.18 Å². The number of carbonyl (C=O) groups is 2. The van der Waals surface area contributed by atoms with Crippen molar-refractivity contribution in [3.05, 3.63) is 59.3 Å². The number of hydrogen-bond acceptors (Lipinski definition) is 8. The summed E-state index contributed by atoms with van der Waals surface area (Å²) in [6.07, 6.45) is -2.37. The number of fused-ring (bicyclic) bond motifs is 1. The van der Waals surface area contributed by atoms with Gasteiger partial charge in [0.2, 0.25) is 5.91 Å². The van der Waals surface area contributed by atoms with Gasteiger partial charge in [-0.2, -0.15) is 18.3 Å². The van der Waals surface area contributed by atoms with Crippen LogP contribution >= 0.6 is 11.6 Å². The second-order valence-electron chi connectivity index (χ2n) is 9.36. The van der Waals surface area contributed by atoms with Crippen LogP contribution in [-0.2, 0) is 17.5 Å². The lowest BCUT2D eigenvalue weighted by Crippen LogP contribution is -2.38. The van der Waals surface area contributed by atoms with E-state index in [1.165, 1.54) is 28.9 Å². The molecule has 0 radical (unpaired) electrons. The van der Waals surface area contributed by atoms with Crippen LogP contribution in [0.1, 0.15) is 22.5 Å². The molecule has 236 valence electrons. The Morgan fingerprint density at radius 3 is 2.59 bits per heavy atom. The smallest absolute Gasteiger partial charge is 0.355 e. The number of amides is 2. The van der Waals surface area contributed by atoms with E-state index in [0.717, 1.165) is 12.4 Å². The van der Waals surface area contributed by atoms with Crippen molar-refractivity contribution in [2.24, 2.45) is 5.73 Å². The quantitative estimate of drug-likeness (QED) is 0.104. The molecule has 3 aromatic heterocycles. The number of halogens is 6. The summed E-state index contributed by atoms with van der Waals surface area (Å²) in [7, 11) is 0. The van der Waals surface area contributed by atoms with Gasteiger partial charge in [0.15, 0.2) is 17.2 Å². The first-order valence-corrected chi connectivity index (χ1v) is 13.6. The van der Waals surface area contributed by atoms with E-state index in [2.05, 4.69) is 36.3 Å². The van der Waals surface area contributed by atoms with Crippen LogP contribution in [0.4, 0.5) is 33.5 Å². The standard InChI is InChI=1S/C26H28ClF5N10O2/c27-18-10-15(2-3-16(18)25(44)37-7-6-34-12-21(43)35-5-1-4-33)39-23-24-38-11-19(42(24)9-8-36-23)17-13-41(14-20(28)29)40-22(17)26(30,31)32/h2-3,8-11,13,20,34H,1,4-7,12,14,33H2,(H,35,43)(H,36,39)(H,37,44). The summed E-state index contributed by atoms with van der Waals surface area (Å²) in [6, 6.07) is 4.49. The summed E-state index contributed by atoms with van der Waals surface area (Å²) in [4.78, 5) is 32.6. The molecule has 0 fully saturated rings. The Morgan fingerprint density at radius 1 is 1.09 bits per heavy atom. The number of imidazole rings is 1. The number of carbonyl (C=O) groups excluding carboxylic acids is 2. The van der Waals surface area contributed by atoms with Crippen LogP contribution in [0.2, 0.25) is 5.02 Å². The highest BCUT2D eigenvalue weighted by atomic mass is 35.5. The minimum Gasteiger partial charge on any atom is -0.355 e. The van der Waals surface area contributed by atoms with Crippen molar-refractivity contribution in [3.63, 3.8) is 0 Å². The third kappa shape index (κ3) is 8.18. The third-order valence-corrected chi connectivity index (χ3v) is 6.42. The van der Waals surface area contributed by atoms with Crippen molar-refractivity contribution in [3.8, 4) is 11.3 Å². The van der Waals surface area contributed by atoms with Gasteiger partial charge in [0.1, 0.15) is 6.54 Å². The van der Waals surface area contributed by atoms with E-state index < -0.39 is 36.3 Å². The Hall–Kier alpha value is -4.35. The minimum atomic E-state index is -4.90. The number of nitrogens with two attached hydrogens (primary N) is 1. The molecule has 4 aromatic rings. The van der Waals surface area contributed by atoms with Gasteiger partial charge in [-0.25, -0.2) is 18.7 Å². The molecule has 44 heavy (non-hydrogen) atoms. The normalized spacial score (nSPS) is 11.7. The number of alkyl halides is 5. The predicted molar refractivity (Wildman–Crippen MR) is 152 cm³/mol. The molecule has 3 heterocycles. The van der Waals surface area contributed by atoms with Crippen LogP contribution < -0.4 is 27.0 Å². The highest BCUT2D eigenvalue weighted by molar-refractivity contribution is 6.34. The topological polar surface area (TPSA) is 156 Å². The molecule has 0 saturated carbocycles. The number of hydrogen-bond donors (Lipinski definition) is 5. The van der Waals surface area contributed by atoms with Crippen molar-refractivity contribution in [1.82, 2.24) is 40.1 Å². The predicted octanol–water partition coefficient (Wildman–Crippen LogP) is 3.06. The number of nitrogens with one attached hydrogen (secondary N) is 4. The summed E-state index contributed by atoms with van der Waals surface area (Å²) >= 11 is 6.34. The van der Waals surface area contributed by atoms with E-state index in [4.69, 9.17) is 17.3 Å². The summed E-state index contributed by atoms with van der Waals surface area (Å²) < 4.78 is 68.6. The third-order valence-electron chi connectivity index (χ3n) is 6.11. The Balaban J connectivity index is 1.43. The zero-order valence-electron chi connectivity index (χ0n) is 23.0. The molecule has 0 bridgehead atoms. The zero-order valence-corrected chi connectivity index (χ0v) is 23.7.